The van der Waals surface area contributed by atoms with E-state index in [0.29, 0.717) is 12.0 Å². The number of hydrogen-bond acceptors (Lipinski definition) is 4. The highest BCUT2D eigenvalue weighted by Crippen LogP contribution is 2.57. The summed E-state index contributed by atoms with van der Waals surface area (Å²) in [6.07, 6.45) is 2.73. The number of nitrogens with two attached hydrogens (primary N) is 1. The summed E-state index contributed by atoms with van der Waals surface area (Å²) in [6, 6.07) is 0. The Balaban J connectivity index is 1.72. The lowest BCUT2D eigenvalue weighted by Crippen LogP contribution is -2.80. The van der Waals surface area contributed by atoms with Gasteiger partial charge in [0, 0.05) is 43.1 Å². The van der Waals surface area contributed by atoms with E-state index in [1.165, 1.54) is 6.42 Å². The van der Waals surface area contributed by atoms with E-state index >= 15 is 0 Å². The van der Waals surface area contributed by atoms with Gasteiger partial charge in [-0.05, 0) is 26.7 Å². The Morgan fingerprint density at radius 3 is 2.65 bits per heavy atom. The summed E-state index contributed by atoms with van der Waals surface area (Å²) in [7, 11) is 0. The molecule has 4 nitrogen and oxygen atoms in total. The molecule has 3 unspecified atom stereocenters. The number of fused-ring (bicyclic) bond motifs is 1. The minimum atomic E-state index is -0.120. The first-order chi connectivity index (χ1) is 9.26. The van der Waals surface area contributed by atoms with Crippen molar-refractivity contribution in [3.05, 3.63) is 0 Å². The maximum atomic E-state index is 6.89. The molecule has 0 aromatic heterocycles. The summed E-state index contributed by atoms with van der Waals surface area (Å²) in [5.41, 5.74) is 6.79. The Morgan fingerprint density at radius 1 is 1.20 bits per heavy atom. The zero-order valence-electron chi connectivity index (χ0n) is 13.4. The molecule has 2 saturated heterocycles. The fraction of sp³-hybridized carbons (Fsp3) is 1.00. The number of rotatable bonds is 2. The van der Waals surface area contributed by atoms with Crippen molar-refractivity contribution in [2.45, 2.75) is 57.8 Å². The Labute approximate surface area is 123 Å². The van der Waals surface area contributed by atoms with E-state index in [4.69, 9.17) is 15.2 Å². The van der Waals surface area contributed by atoms with Gasteiger partial charge in [-0.1, -0.05) is 13.8 Å². The second-order valence-corrected chi connectivity index (χ2v) is 8.12. The summed E-state index contributed by atoms with van der Waals surface area (Å²) < 4.78 is 11.8. The third-order valence-corrected chi connectivity index (χ3v) is 5.88. The molecule has 4 heteroatoms. The molecule has 3 atom stereocenters. The molecular weight excluding hydrogens is 252 g/mol. The van der Waals surface area contributed by atoms with Gasteiger partial charge in [0.15, 0.2) is 0 Å². The van der Waals surface area contributed by atoms with Gasteiger partial charge < -0.3 is 15.2 Å². The van der Waals surface area contributed by atoms with Gasteiger partial charge in [-0.2, -0.15) is 0 Å². The van der Waals surface area contributed by atoms with E-state index < -0.39 is 0 Å². The molecular formula is C16H30N2O2. The molecule has 1 saturated carbocycles. The van der Waals surface area contributed by atoms with Crippen LogP contribution in [0.3, 0.4) is 0 Å². The highest BCUT2D eigenvalue weighted by atomic mass is 16.5. The third-order valence-electron chi connectivity index (χ3n) is 5.88. The van der Waals surface area contributed by atoms with Gasteiger partial charge in [0.05, 0.1) is 18.3 Å². The Hall–Kier alpha value is -0.160. The van der Waals surface area contributed by atoms with Crippen molar-refractivity contribution in [2.75, 3.05) is 32.8 Å². The van der Waals surface area contributed by atoms with Crippen LogP contribution in [-0.2, 0) is 9.47 Å². The van der Waals surface area contributed by atoms with Crippen LogP contribution in [0, 0.1) is 11.3 Å². The molecule has 2 heterocycles. The van der Waals surface area contributed by atoms with Gasteiger partial charge in [-0.15, -0.1) is 0 Å². The molecule has 116 valence electrons. The molecule has 0 bridgehead atoms. The van der Waals surface area contributed by atoms with Crippen LogP contribution >= 0.6 is 0 Å². The van der Waals surface area contributed by atoms with Crippen LogP contribution in [0.1, 0.15) is 40.5 Å². The SMILES string of the molecule is CC1(C)CN(CC2(N)C3CCCOC3C2(C)C)CCO1. The van der Waals surface area contributed by atoms with Crippen molar-refractivity contribution in [3.8, 4) is 0 Å². The first kappa shape index (κ1) is 14.8. The number of nitrogens with zero attached hydrogens (tertiary/aromatic N) is 1. The topological polar surface area (TPSA) is 47.7 Å². The van der Waals surface area contributed by atoms with Crippen LogP contribution in [0.4, 0.5) is 0 Å². The first-order valence-corrected chi connectivity index (χ1v) is 8.03. The maximum absolute atomic E-state index is 6.89. The summed E-state index contributed by atoms with van der Waals surface area (Å²) in [5.74, 6) is 0.525. The summed E-state index contributed by atoms with van der Waals surface area (Å²) >= 11 is 0. The molecule has 3 aliphatic rings. The summed E-state index contributed by atoms with van der Waals surface area (Å²) in [4.78, 5) is 2.50. The fourth-order valence-electron chi connectivity index (χ4n) is 4.61. The van der Waals surface area contributed by atoms with Gasteiger partial charge in [-0.25, -0.2) is 0 Å². The lowest BCUT2D eigenvalue weighted by molar-refractivity contribution is -0.236. The molecule has 0 radical (unpaired) electrons. The van der Waals surface area contributed by atoms with Crippen molar-refractivity contribution in [3.63, 3.8) is 0 Å². The molecule has 3 fully saturated rings. The van der Waals surface area contributed by atoms with Gasteiger partial charge in [0.25, 0.3) is 0 Å². The third kappa shape index (κ3) is 2.12. The predicted octanol–water partition coefficient (Wildman–Crippen LogP) is 1.63. The normalized spacial score (nSPS) is 43.6. The number of ether oxygens (including phenoxy) is 2. The van der Waals surface area contributed by atoms with E-state index in [1.54, 1.807) is 0 Å². The smallest absolute Gasteiger partial charge is 0.0753 e. The maximum Gasteiger partial charge on any atom is 0.0753 e. The predicted molar refractivity (Wildman–Crippen MR) is 79.6 cm³/mol. The van der Waals surface area contributed by atoms with Crippen LogP contribution in [-0.4, -0.2) is 55.0 Å². The molecule has 20 heavy (non-hydrogen) atoms. The molecule has 0 spiro atoms. The van der Waals surface area contributed by atoms with Crippen LogP contribution in [0.15, 0.2) is 0 Å². The van der Waals surface area contributed by atoms with E-state index in [2.05, 4.69) is 32.6 Å². The molecule has 2 aliphatic heterocycles. The van der Waals surface area contributed by atoms with Gasteiger partial charge in [0.1, 0.15) is 0 Å². The van der Waals surface area contributed by atoms with Crippen LogP contribution in [0.5, 0.6) is 0 Å². The molecule has 0 aromatic carbocycles. The number of morpholine rings is 1. The standard InChI is InChI=1S/C16H30N2O2/c1-14(2)10-18(7-9-20-14)11-16(17)12-6-5-8-19-13(12)15(16,3)4/h12-13H,5-11,17H2,1-4H3. The fourth-order valence-corrected chi connectivity index (χ4v) is 4.61. The minimum absolute atomic E-state index is 0.0506. The lowest BCUT2D eigenvalue weighted by atomic mass is 9.46. The highest BCUT2D eigenvalue weighted by molar-refractivity contribution is 5.21. The number of hydrogen-bond donors (Lipinski definition) is 1. The summed E-state index contributed by atoms with van der Waals surface area (Å²) in [6.45, 7) is 13.6. The van der Waals surface area contributed by atoms with Gasteiger partial charge in [0.2, 0.25) is 0 Å². The highest BCUT2D eigenvalue weighted by Gasteiger charge is 2.66. The van der Waals surface area contributed by atoms with Gasteiger partial charge in [-0.3, -0.25) is 4.90 Å². The molecule has 3 rings (SSSR count). The van der Waals surface area contributed by atoms with Crippen molar-refractivity contribution >= 4 is 0 Å². The second-order valence-electron chi connectivity index (χ2n) is 8.12. The molecule has 0 amide bonds. The molecule has 1 aliphatic carbocycles. The quantitative estimate of drug-likeness (QED) is 0.836. The summed E-state index contributed by atoms with van der Waals surface area (Å²) in [5, 5.41) is 0. The zero-order valence-corrected chi connectivity index (χ0v) is 13.4. The average molecular weight is 282 g/mol. The van der Waals surface area contributed by atoms with E-state index in [-0.39, 0.29) is 16.6 Å². The Bertz CT molecular complexity index is 383. The molecule has 2 N–H and O–H groups in total. The first-order valence-electron chi connectivity index (χ1n) is 8.03. The largest absolute Gasteiger partial charge is 0.377 e. The van der Waals surface area contributed by atoms with E-state index in [9.17, 15) is 0 Å². The van der Waals surface area contributed by atoms with E-state index in [1.807, 2.05) is 0 Å². The zero-order chi connectivity index (χ0) is 14.6. The van der Waals surface area contributed by atoms with Crippen LogP contribution in [0.2, 0.25) is 0 Å². The van der Waals surface area contributed by atoms with E-state index in [0.717, 1.165) is 39.3 Å². The minimum Gasteiger partial charge on any atom is -0.377 e. The average Bonchev–Trinajstić information content (AvgIpc) is 2.37. The van der Waals surface area contributed by atoms with Gasteiger partial charge >= 0.3 is 0 Å². The van der Waals surface area contributed by atoms with Crippen molar-refractivity contribution in [1.82, 2.24) is 4.90 Å². The van der Waals surface area contributed by atoms with Crippen LogP contribution in [0.25, 0.3) is 0 Å². The lowest BCUT2D eigenvalue weighted by Gasteiger charge is -2.67. The van der Waals surface area contributed by atoms with Crippen molar-refractivity contribution in [2.24, 2.45) is 17.1 Å². The monoisotopic (exact) mass is 282 g/mol. The van der Waals surface area contributed by atoms with Crippen LogP contribution < -0.4 is 5.73 Å². The molecule has 0 aromatic rings. The second kappa shape index (κ2) is 4.67. The van der Waals surface area contributed by atoms with Crippen molar-refractivity contribution < 1.29 is 9.47 Å². The Morgan fingerprint density at radius 2 is 1.95 bits per heavy atom. The Kier molecular flexibility index (Phi) is 3.45. The van der Waals surface area contributed by atoms with Crippen molar-refractivity contribution in [1.29, 1.82) is 0 Å².